The molecule has 2 rings (SSSR count). The number of para-hydroxylation sites is 1. The Hall–Kier alpha value is -1.02. The third-order valence-electron chi connectivity index (χ3n) is 4.84. The zero-order valence-corrected chi connectivity index (χ0v) is 18.0. The topological polar surface area (TPSA) is 59.9 Å². The van der Waals surface area contributed by atoms with Crippen LogP contribution in [0.4, 0.5) is 5.69 Å². The average Bonchev–Trinajstić information content (AvgIpc) is 3.09. The number of nitrogens with zero attached hydrogens (tertiary/aromatic N) is 2. The zero-order chi connectivity index (χ0) is 17.4. The Bertz CT molecular complexity index is 519. The Kier molecular flexibility index (Phi) is 9.56. The fourth-order valence-electron chi connectivity index (χ4n) is 2.96. The maximum Gasteiger partial charge on any atom is 0.191 e. The fourth-order valence-corrected chi connectivity index (χ4v) is 2.96. The van der Waals surface area contributed by atoms with Gasteiger partial charge in [-0.25, -0.2) is 0 Å². The molecule has 0 amide bonds. The Morgan fingerprint density at radius 2 is 1.92 bits per heavy atom. The predicted octanol–water partition coefficient (Wildman–Crippen LogP) is 2.99. The summed E-state index contributed by atoms with van der Waals surface area (Å²) in [5.74, 6) is 0.803. The maximum absolute atomic E-state index is 10.4. The van der Waals surface area contributed by atoms with E-state index in [0.29, 0.717) is 12.6 Å². The van der Waals surface area contributed by atoms with Crippen LogP contribution in [0.15, 0.2) is 35.3 Å². The number of anilines is 1. The highest BCUT2D eigenvalue weighted by Gasteiger charge is 2.25. The molecule has 0 bridgehead atoms. The molecular weight excluding hydrogens is 427 g/mol. The zero-order valence-electron chi connectivity index (χ0n) is 15.7. The Balaban J connectivity index is 0.00000312. The number of guanidine groups is 1. The number of aliphatic hydroxyl groups is 1. The number of halogens is 1. The van der Waals surface area contributed by atoms with E-state index in [4.69, 9.17) is 0 Å². The molecule has 1 saturated heterocycles. The lowest BCUT2D eigenvalue weighted by Crippen LogP contribution is -2.45. The minimum atomic E-state index is -0.700. The summed E-state index contributed by atoms with van der Waals surface area (Å²) >= 11 is 0. The van der Waals surface area contributed by atoms with Crippen LogP contribution in [0.25, 0.3) is 0 Å². The lowest BCUT2D eigenvalue weighted by molar-refractivity contribution is 0.0418. The van der Waals surface area contributed by atoms with Crippen LogP contribution in [0.3, 0.4) is 0 Å². The molecule has 1 heterocycles. The summed E-state index contributed by atoms with van der Waals surface area (Å²) in [6.07, 6.45) is 2.53. The second-order valence-electron chi connectivity index (χ2n) is 6.54. The number of benzene rings is 1. The van der Waals surface area contributed by atoms with E-state index < -0.39 is 5.60 Å². The first kappa shape index (κ1) is 22.0. The number of nitrogens with one attached hydrogen (secondary N) is 2. The molecule has 1 aromatic carbocycles. The molecule has 1 aliphatic heterocycles. The number of aliphatic imine (C=N–C) groups is 1. The summed E-state index contributed by atoms with van der Waals surface area (Å²) in [4.78, 5) is 7.01. The van der Waals surface area contributed by atoms with Gasteiger partial charge >= 0.3 is 0 Å². The van der Waals surface area contributed by atoms with E-state index in [-0.39, 0.29) is 24.0 Å². The second kappa shape index (κ2) is 10.9. The van der Waals surface area contributed by atoms with Crippen molar-refractivity contribution in [1.82, 2.24) is 10.6 Å². The quantitative estimate of drug-likeness (QED) is 0.333. The highest BCUT2D eigenvalue weighted by molar-refractivity contribution is 14.0. The Labute approximate surface area is 169 Å². The molecule has 1 fully saturated rings. The monoisotopic (exact) mass is 460 g/mol. The molecule has 1 atom stereocenters. The molecule has 25 heavy (non-hydrogen) atoms. The van der Waals surface area contributed by atoms with Crippen LogP contribution in [-0.4, -0.2) is 48.9 Å². The van der Waals surface area contributed by atoms with E-state index in [0.717, 1.165) is 44.9 Å². The third kappa shape index (κ3) is 6.66. The summed E-state index contributed by atoms with van der Waals surface area (Å²) in [5, 5.41) is 17.2. The molecule has 3 N–H and O–H groups in total. The van der Waals surface area contributed by atoms with Gasteiger partial charge in [-0.05, 0) is 38.3 Å². The van der Waals surface area contributed by atoms with Crippen LogP contribution in [0.1, 0.15) is 40.0 Å². The minimum absolute atomic E-state index is 0. The lowest BCUT2D eigenvalue weighted by atomic mass is 9.98. The van der Waals surface area contributed by atoms with Gasteiger partial charge < -0.3 is 20.6 Å². The van der Waals surface area contributed by atoms with Gasteiger partial charge in [-0.2, -0.15) is 0 Å². The molecule has 0 aromatic heterocycles. The summed E-state index contributed by atoms with van der Waals surface area (Å²) < 4.78 is 0. The summed E-state index contributed by atoms with van der Waals surface area (Å²) in [6, 6.07) is 10.9. The summed E-state index contributed by atoms with van der Waals surface area (Å²) in [6.45, 7) is 9.35. The van der Waals surface area contributed by atoms with Crippen molar-refractivity contribution in [2.45, 2.75) is 51.7 Å². The van der Waals surface area contributed by atoms with Crippen molar-refractivity contribution in [3.8, 4) is 0 Å². The van der Waals surface area contributed by atoms with Gasteiger partial charge in [0.1, 0.15) is 0 Å². The molecule has 1 aromatic rings. The lowest BCUT2D eigenvalue weighted by Gasteiger charge is -2.24. The van der Waals surface area contributed by atoms with Gasteiger partial charge in [0.25, 0.3) is 0 Å². The maximum atomic E-state index is 10.4. The van der Waals surface area contributed by atoms with Crippen molar-refractivity contribution in [1.29, 1.82) is 0 Å². The Morgan fingerprint density at radius 1 is 1.24 bits per heavy atom. The van der Waals surface area contributed by atoms with Crippen LogP contribution in [0.5, 0.6) is 0 Å². The number of hydrogen-bond acceptors (Lipinski definition) is 3. The van der Waals surface area contributed by atoms with Crippen LogP contribution in [0.2, 0.25) is 0 Å². The van der Waals surface area contributed by atoms with Gasteiger partial charge in [-0.3, -0.25) is 4.99 Å². The van der Waals surface area contributed by atoms with E-state index in [1.54, 1.807) is 0 Å². The molecule has 6 heteroatoms. The van der Waals surface area contributed by atoms with Crippen molar-refractivity contribution in [2.75, 3.05) is 31.1 Å². The van der Waals surface area contributed by atoms with Crippen molar-refractivity contribution in [3.63, 3.8) is 0 Å². The molecule has 0 spiro atoms. The van der Waals surface area contributed by atoms with Crippen LogP contribution < -0.4 is 15.5 Å². The highest BCUT2D eigenvalue weighted by atomic mass is 127. The third-order valence-corrected chi connectivity index (χ3v) is 4.84. The summed E-state index contributed by atoms with van der Waals surface area (Å²) in [7, 11) is 0. The van der Waals surface area contributed by atoms with Gasteiger partial charge in [0.15, 0.2) is 5.96 Å². The first-order valence-corrected chi connectivity index (χ1v) is 9.17. The second-order valence-corrected chi connectivity index (χ2v) is 6.54. The van der Waals surface area contributed by atoms with Crippen molar-refractivity contribution in [2.24, 2.45) is 4.99 Å². The highest BCUT2D eigenvalue weighted by Crippen LogP contribution is 2.19. The van der Waals surface area contributed by atoms with Crippen LogP contribution in [0, 0.1) is 0 Å². The first-order chi connectivity index (χ1) is 11.6. The van der Waals surface area contributed by atoms with Gasteiger partial charge in [-0.15, -0.1) is 24.0 Å². The molecule has 1 aliphatic rings. The van der Waals surface area contributed by atoms with Gasteiger partial charge in [-0.1, -0.05) is 32.0 Å². The number of rotatable bonds is 7. The first-order valence-electron chi connectivity index (χ1n) is 9.17. The molecule has 1 unspecified atom stereocenters. The molecule has 0 aliphatic carbocycles. The Morgan fingerprint density at radius 3 is 2.52 bits per heavy atom. The minimum Gasteiger partial charge on any atom is -0.388 e. The largest absolute Gasteiger partial charge is 0.388 e. The molecule has 142 valence electrons. The molecule has 5 nitrogen and oxygen atoms in total. The van der Waals surface area contributed by atoms with E-state index >= 15 is 0 Å². The van der Waals surface area contributed by atoms with Crippen molar-refractivity contribution >= 4 is 35.6 Å². The van der Waals surface area contributed by atoms with Gasteiger partial charge in [0, 0.05) is 31.4 Å². The van der Waals surface area contributed by atoms with E-state index in [1.165, 1.54) is 5.69 Å². The van der Waals surface area contributed by atoms with Crippen molar-refractivity contribution in [3.05, 3.63) is 30.3 Å². The standard InChI is InChI=1S/C19H32N4O.HI/c1-4-19(24,5-2)15-21-18(20-6-3)22-16-12-13-23(14-16)17-10-8-7-9-11-17;/h7-11,16,24H,4-6,12-15H2,1-3H3,(H2,20,21,22);1H. The predicted molar refractivity (Wildman–Crippen MR) is 117 cm³/mol. The van der Waals surface area contributed by atoms with E-state index in [9.17, 15) is 5.11 Å². The SMILES string of the molecule is CCNC(=NCC(O)(CC)CC)NC1CCN(c2ccccc2)C1.I. The van der Waals surface area contributed by atoms with E-state index in [1.807, 2.05) is 19.9 Å². The molecule has 0 saturated carbocycles. The van der Waals surface area contributed by atoms with E-state index in [2.05, 4.69) is 51.7 Å². The van der Waals surface area contributed by atoms with Gasteiger partial charge in [0.2, 0.25) is 0 Å². The number of hydrogen-bond donors (Lipinski definition) is 3. The van der Waals surface area contributed by atoms with Crippen LogP contribution in [-0.2, 0) is 0 Å². The fraction of sp³-hybridized carbons (Fsp3) is 0.632. The summed E-state index contributed by atoms with van der Waals surface area (Å²) in [5.41, 5.74) is 0.573. The molecular formula is C19H33IN4O. The molecule has 0 radical (unpaired) electrons. The smallest absolute Gasteiger partial charge is 0.191 e. The van der Waals surface area contributed by atoms with Crippen molar-refractivity contribution < 1.29 is 5.11 Å². The van der Waals surface area contributed by atoms with Gasteiger partial charge in [0.05, 0.1) is 12.1 Å². The normalized spacial score (nSPS) is 18.0. The average molecular weight is 460 g/mol. The van der Waals surface area contributed by atoms with Crippen LogP contribution >= 0.6 is 24.0 Å².